The highest BCUT2D eigenvalue weighted by atomic mass is 19.1. The number of anilines is 1. The number of nitro benzene ring substituents is 1. The van der Waals surface area contributed by atoms with E-state index >= 15 is 0 Å². The maximum Gasteiger partial charge on any atom is 0.371 e. The largest absolute Gasteiger partial charge is 0.475 e. The Bertz CT molecular complexity index is 668. The van der Waals surface area contributed by atoms with Crippen molar-refractivity contribution in [3.63, 3.8) is 0 Å². The molecule has 104 valence electrons. The predicted octanol–water partition coefficient (Wildman–Crippen LogP) is 2.64. The number of carboxylic acids is 1. The van der Waals surface area contributed by atoms with E-state index in [2.05, 4.69) is 5.32 Å². The Balaban J connectivity index is 2.18. The SMILES string of the molecule is O=C(O)c1ccc(CNc2c(F)cccc2[N+](=O)[O-])o1. The van der Waals surface area contributed by atoms with E-state index in [0.717, 1.165) is 12.1 Å². The number of furan rings is 1. The number of carbonyl (C=O) groups is 1. The predicted molar refractivity (Wildman–Crippen MR) is 66.0 cm³/mol. The van der Waals surface area contributed by atoms with Crippen molar-refractivity contribution in [1.29, 1.82) is 0 Å². The fourth-order valence-electron chi connectivity index (χ4n) is 1.60. The van der Waals surface area contributed by atoms with Gasteiger partial charge in [0.15, 0.2) is 5.82 Å². The van der Waals surface area contributed by atoms with E-state index in [1.807, 2.05) is 0 Å². The van der Waals surface area contributed by atoms with Crippen molar-refractivity contribution in [2.45, 2.75) is 6.54 Å². The molecule has 1 aromatic heterocycles. The zero-order valence-electron chi connectivity index (χ0n) is 10.00. The van der Waals surface area contributed by atoms with Gasteiger partial charge in [0, 0.05) is 6.07 Å². The Morgan fingerprint density at radius 1 is 1.40 bits per heavy atom. The van der Waals surface area contributed by atoms with Crippen LogP contribution < -0.4 is 5.32 Å². The van der Waals surface area contributed by atoms with Crippen LogP contribution >= 0.6 is 0 Å². The first-order chi connectivity index (χ1) is 9.49. The van der Waals surface area contributed by atoms with Gasteiger partial charge < -0.3 is 14.8 Å². The van der Waals surface area contributed by atoms with Crippen LogP contribution in [-0.2, 0) is 6.54 Å². The average Bonchev–Trinajstić information content (AvgIpc) is 2.86. The minimum atomic E-state index is -1.23. The van der Waals surface area contributed by atoms with E-state index in [1.165, 1.54) is 18.2 Å². The lowest BCUT2D eigenvalue weighted by Gasteiger charge is -2.06. The molecule has 2 N–H and O–H groups in total. The summed E-state index contributed by atoms with van der Waals surface area (Å²) in [7, 11) is 0. The maximum absolute atomic E-state index is 13.6. The van der Waals surface area contributed by atoms with E-state index in [4.69, 9.17) is 9.52 Å². The molecule has 1 aromatic carbocycles. The number of nitro groups is 1. The molecule has 8 heteroatoms. The van der Waals surface area contributed by atoms with Gasteiger partial charge in [-0.2, -0.15) is 0 Å². The molecule has 7 nitrogen and oxygen atoms in total. The van der Waals surface area contributed by atoms with Crippen molar-refractivity contribution < 1.29 is 23.6 Å². The van der Waals surface area contributed by atoms with Gasteiger partial charge in [-0.25, -0.2) is 9.18 Å². The number of carboxylic acid groups (broad SMARTS) is 1. The number of para-hydroxylation sites is 1. The number of hydrogen-bond donors (Lipinski definition) is 2. The number of halogens is 1. The van der Waals surface area contributed by atoms with E-state index in [-0.39, 0.29) is 23.8 Å². The van der Waals surface area contributed by atoms with E-state index < -0.39 is 22.4 Å². The molecule has 0 aliphatic heterocycles. The van der Waals surface area contributed by atoms with Gasteiger partial charge in [0.05, 0.1) is 11.5 Å². The van der Waals surface area contributed by atoms with Crippen LogP contribution in [0.1, 0.15) is 16.3 Å². The van der Waals surface area contributed by atoms with Crippen molar-refractivity contribution in [3.05, 3.63) is 57.8 Å². The van der Waals surface area contributed by atoms with Crippen molar-refractivity contribution in [2.75, 3.05) is 5.32 Å². The van der Waals surface area contributed by atoms with Crippen LogP contribution in [0.5, 0.6) is 0 Å². The van der Waals surface area contributed by atoms with Crippen molar-refractivity contribution in [3.8, 4) is 0 Å². The molecule has 0 amide bonds. The second-order valence-electron chi connectivity index (χ2n) is 3.82. The average molecular weight is 280 g/mol. The highest BCUT2D eigenvalue weighted by Gasteiger charge is 2.18. The van der Waals surface area contributed by atoms with Crippen LogP contribution in [-0.4, -0.2) is 16.0 Å². The Labute approximate surface area is 111 Å². The lowest BCUT2D eigenvalue weighted by molar-refractivity contribution is -0.384. The summed E-state index contributed by atoms with van der Waals surface area (Å²) in [5, 5.41) is 22.0. The standard InChI is InChI=1S/C12H9FN2O5/c13-8-2-1-3-9(15(18)19)11(8)14-6-7-4-5-10(20-7)12(16)17/h1-5,14H,6H2,(H,16,17). The minimum Gasteiger partial charge on any atom is -0.475 e. The molecule has 0 bridgehead atoms. The monoisotopic (exact) mass is 280 g/mol. The number of aromatic carboxylic acids is 1. The first-order valence-corrected chi connectivity index (χ1v) is 5.48. The number of hydrogen-bond acceptors (Lipinski definition) is 5. The molecule has 0 saturated heterocycles. The minimum absolute atomic E-state index is 0.0744. The number of rotatable bonds is 5. The van der Waals surface area contributed by atoms with Crippen LogP contribution in [0.2, 0.25) is 0 Å². The van der Waals surface area contributed by atoms with Gasteiger partial charge in [-0.15, -0.1) is 0 Å². The number of benzene rings is 1. The van der Waals surface area contributed by atoms with Gasteiger partial charge >= 0.3 is 5.97 Å². The highest BCUT2D eigenvalue weighted by molar-refractivity contribution is 5.84. The van der Waals surface area contributed by atoms with Crippen LogP contribution in [0.4, 0.5) is 15.8 Å². The van der Waals surface area contributed by atoms with Gasteiger partial charge in [-0.1, -0.05) is 6.07 Å². The molecule has 0 atom stereocenters. The molecule has 2 aromatic rings. The summed E-state index contributed by atoms with van der Waals surface area (Å²) in [5.41, 5.74) is -0.680. The summed E-state index contributed by atoms with van der Waals surface area (Å²) >= 11 is 0. The molecule has 0 unspecified atom stereocenters. The van der Waals surface area contributed by atoms with Crippen molar-refractivity contribution >= 4 is 17.3 Å². The zero-order chi connectivity index (χ0) is 14.7. The number of nitrogens with zero attached hydrogens (tertiary/aromatic N) is 1. The Hall–Kier alpha value is -2.90. The summed E-state index contributed by atoms with van der Waals surface area (Å²) in [6.45, 7) is -0.0744. The van der Waals surface area contributed by atoms with Gasteiger partial charge in [0.1, 0.15) is 11.4 Å². The molecule has 2 rings (SSSR count). The fraction of sp³-hybridized carbons (Fsp3) is 0.0833. The second kappa shape index (κ2) is 5.39. The van der Waals surface area contributed by atoms with Gasteiger partial charge in [-0.3, -0.25) is 10.1 Å². The molecule has 0 saturated carbocycles. The lowest BCUT2D eigenvalue weighted by Crippen LogP contribution is -2.04. The summed E-state index contributed by atoms with van der Waals surface area (Å²) in [5.74, 6) is -2.04. The molecule has 0 radical (unpaired) electrons. The van der Waals surface area contributed by atoms with Crippen LogP contribution in [0, 0.1) is 15.9 Å². The second-order valence-corrected chi connectivity index (χ2v) is 3.82. The summed E-state index contributed by atoms with van der Waals surface area (Å²) < 4.78 is 18.5. The first-order valence-electron chi connectivity index (χ1n) is 5.48. The normalized spacial score (nSPS) is 10.2. The first kappa shape index (κ1) is 13.5. The third-order valence-corrected chi connectivity index (χ3v) is 2.50. The van der Waals surface area contributed by atoms with E-state index in [1.54, 1.807) is 0 Å². The molecule has 20 heavy (non-hydrogen) atoms. The number of nitrogens with one attached hydrogen (secondary N) is 1. The van der Waals surface area contributed by atoms with E-state index in [9.17, 15) is 19.3 Å². The third-order valence-electron chi connectivity index (χ3n) is 2.50. The van der Waals surface area contributed by atoms with Gasteiger partial charge in [0.2, 0.25) is 5.76 Å². The van der Waals surface area contributed by atoms with E-state index in [0.29, 0.717) is 0 Å². The van der Waals surface area contributed by atoms with Crippen molar-refractivity contribution in [2.24, 2.45) is 0 Å². The Morgan fingerprint density at radius 3 is 2.75 bits per heavy atom. The topological polar surface area (TPSA) is 106 Å². The highest BCUT2D eigenvalue weighted by Crippen LogP contribution is 2.27. The third kappa shape index (κ3) is 2.74. The molecule has 0 fully saturated rings. The molecule has 1 heterocycles. The van der Waals surface area contributed by atoms with Crippen LogP contribution in [0.25, 0.3) is 0 Å². The quantitative estimate of drug-likeness (QED) is 0.644. The van der Waals surface area contributed by atoms with Crippen LogP contribution in [0.15, 0.2) is 34.7 Å². The molecular weight excluding hydrogens is 271 g/mol. The van der Waals surface area contributed by atoms with Gasteiger partial charge in [-0.05, 0) is 18.2 Å². The summed E-state index contributed by atoms with van der Waals surface area (Å²) in [6.07, 6.45) is 0. The molecule has 0 spiro atoms. The van der Waals surface area contributed by atoms with Crippen LogP contribution in [0.3, 0.4) is 0 Å². The lowest BCUT2D eigenvalue weighted by atomic mass is 10.2. The smallest absolute Gasteiger partial charge is 0.371 e. The molecule has 0 aliphatic carbocycles. The Morgan fingerprint density at radius 2 is 2.15 bits per heavy atom. The van der Waals surface area contributed by atoms with Gasteiger partial charge in [0.25, 0.3) is 5.69 Å². The fourth-order valence-corrected chi connectivity index (χ4v) is 1.60. The Kier molecular flexibility index (Phi) is 3.65. The summed E-state index contributed by atoms with van der Waals surface area (Å²) in [4.78, 5) is 20.7. The van der Waals surface area contributed by atoms with Crippen molar-refractivity contribution in [1.82, 2.24) is 0 Å². The summed E-state index contributed by atoms with van der Waals surface area (Å²) in [6, 6.07) is 6.11. The zero-order valence-corrected chi connectivity index (χ0v) is 10.00. The molecular formula is C12H9FN2O5. The molecule has 0 aliphatic rings. The maximum atomic E-state index is 13.6.